The summed E-state index contributed by atoms with van der Waals surface area (Å²) in [6.07, 6.45) is 91.1. The molecule has 0 radical (unpaired) electrons. The van der Waals surface area contributed by atoms with Crippen molar-refractivity contribution in [1.29, 1.82) is 0 Å². The lowest BCUT2D eigenvalue weighted by Crippen LogP contribution is -2.30. The minimum Gasteiger partial charge on any atom is -0.462 e. The Labute approximate surface area is 503 Å². The monoisotopic (exact) mass is 1130 g/mol. The molecule has 0 aromatic carbocycles. The molecule has 0 aliphatic rings. The molecule has 6 nitrogen and oxygen atoms in total. The molecular weight excluding hydrogens is 997 g/mol. The summed E-state index contributed by atoms with van der Waals surface area (Å²) in [4.78, 5) is 38.2. The highest BCUT2D eigenvalue weighted by Gasteiger charge is 2.19. The van der Waals surface area contributed by atoms with E-state index in [-0.39, 0.29) is 31.1 Å². The third-order valence-corrected chi connectivity index (χ3v) is 15.7. The third-order valence-electron chi connectivity index (χ3n) is 15.7. The summed E-state index contributed by atoms with van der Waals surface area (Å²) >= 11 is 0. The smallest absolute Gasteiger partial charge is 0.306 e. The van der Waals surface area contributed by atoms with Crippen LogP contribution in [0.1, 0.15) is 367 Å². The number of hydrogen-bond donors (Lipinski definition) is 0. The molecule has 0 saturated heterocycles. The van der Waals surface area contributed by atoms with E-state index in [0.29, 0.717) is 19.3 Å². The summed E-state index contributed by atoms with van der Waals surface area (Å²) in [5.41, 5.74) is 0. The quantitative estimate of drug-likeness (QED) is 0.0261. The summed E-state index contributed by atoms with van der Waals surface area (Å²) in [5, 5.41) is 0. The zero-order valence-electron chi connectivity index (χ0n) is 54.1. The maximum absolute atomic E-state index is 12.9. The number of rotatable bonds is 65. The fourth-order valence-electron chi connectivity index (χ4n) is 10.5. The summed E-state index contributed by atoms with van der Waals surface area (Å²) in [7, 11) is 0. The third kappa shape index (κ3) is 67.5. The Kier molecular flexibility index (Phi) is 66.6. The van der Waals surface area contributed by atoms with Crippen LogP contribution in [0.5, 0.6) is 0 Å². The first-order valence-corrected chi connectivity index (χ1v) is 35.4. The van der Waals surface area contributed by atoms with Crippen molar-refractivity contribution in [2.24, 2.45) is 0 Å². The molecule has 0 bridgehead atoms. The molecule has 470 valence electrons. The van der Waals surface area contributed by atoms with Crippen molar-refractivity contribution in [3.05, 3.63) is 72.9 Å². The van der Waals surface area contributed by atoms with E-state index in [2.05, 4.69) is 93.7 Å². The van der Waals surface area contributed by atoms with Crippen LogP contribution in [0.3, 0.4) is 0 Å². The van der Waals surface area contributed by atoms with Crippen LogP contribution < -0.4 is 0 Å². The molecule has 0 amide bonds. The lowest BCUT2D eigenvalue weighted by Gasteiger charge is -2.18. The zero-order valence-corrected chi connectivity index (χ0v) is 54.1. The van der Waals surface area contributed by atoms with Crippen molar-refractivity contribution in [3.8, 4) is 0 Å². The predicted molar refractivity (Wildman–Crippen MR) is 353 cm³/mol. The first-order chi connectivity index (χ1) is 40.0. The number of unbranched alkanes of at least 4 members (excludes halogenated alkanes) is 42. The van der Waals surface area contributed by atoms with Crippen molar-refractivity contribution in [1.82, 2.24) is 0 Å². The fourth-order valence-corrected chi connectivity index (χ4v) is 10.5. The topological polar surface area (TPSA) is 78.9 Å². The second kappa shape index (κ2) is 69.3. The van der Waals surface area contributed by atoms with E-state index in [9.17, 15) is 14.4 Å². The Morgan fingerprint density at radius 2 is 0.481 bits per heavy atom. The van der Waals surface area contributed by atoms with Crippen LogP contribution in [0.25, 0.3) is 0 Å². The SMILES string of the molecule is CC/C=C\C/C=C\C/C=C\C/C=C\C/C=C\C/C=C\CCCCCCCCCCCCC(=O)OCC(COC(=O)CCCCCCCCC)OC(=O)CCCCCCCCCCCCCCCCCCCCCCCCCCCCC. The number of allylic oxidation sites excluding steroid dienone is 12. The van der Waals surface area contributed by atoms with Gasteiger partial charge in [-0.3, -0.25) is 14.4 Å². The van der Waals surface area contributed by atoms with Gasteiger partial charge in [0.2, 0.25) is 0 Å². The maximum Gasteiger partial charge on any atom is 0.306 e. The molecule has 1 unspecified atom stereocenters. The highest BCUT2D eigenvalue weighted by molar-refractivity contribution is 5.71. The Morgan fingerprint density at radius 3 is 0.753 bits per heavy atom. The van der Waals surface area contributed by atoms with Crippen LogP contribution in [0.2, 0.25) is 0 Å². The van der Waals surface area contributed by atoms with Gasteiger partial charge in [0.05, 0.1) is 0 Å². The van der Waals surface area contributed by atoms with E-state index in [1.165, 1.54) is 231 Å². The average molecular weight is 1130 g/mol. The molecule has 0 fully saturated rings. The summed E-state index contributed by atoms with van der Waals surface area (Å²) in [5.74, 6) is -0.863. The molecule has 0 spiro atoms. The van der Waals surface area contributed by atoms with Crippen LogP contribution >= 0.6 is 0 Å². The van der Waals surface area contributed by atoms with Gasteiger partial charge in [0.15, 0.2) is 6.10 Å². The van der Waals surface area contributed by atoms with E-state index < -0.39 is 6.10 Å². The van der Waals surface area contributed by atoms with Crippen LogP contribution in [0.4, 0.5) is 0 Å². The van der Waals surface area contributed by atoms with Crippen LogP contribution in [-0.4, -0.2) is 37.2 Å². The lowest BCUT2D eigenvalue weighted by atomic mass is 10.0. The minimum absolute atomic E-state index is 0.0721. The number of ether oxygens (including phenoxy) is 3. The Bertz CT molecular complexity index is 1490. The van der Waals surface area contributed by atoms with E-state index in [1.807, 2.05) is 0 Å². The van der Waals surface area contributed by atoms with Gasteiger partial charge in [-0.1, -0.05) is 351 Å². The number of hydrogen-bond acceptors (Lipinski definition) is 6. The van der Waals surface area contributed by atoms with Gasteiger partial charge in [-0.2, -0.15) is 0 Å². The predicted octanol–water partition coefficient (Wildman–Crippen LogP) is 24.4. The molecule has 0 aromatic rings. The summed E-state index contributed by atoms with van der Waals surface area (Å²) in [6, 6.07) is 0. The highest BCUT2D eigenvalue weighted by atomic mass is 16.6. The van der Waals surface area contributed by atoms with Crippen molar-refractivity contribution < 1.29 is 28.6 Å². The number of carbonyl (C=O) groups excluding carboxylic acids is 3. The van der Waals surface area contributed by atoms with Gasteiger partial charge < -0.3 is 14.2 Å². The average Bonchev–Trinajstić information content (AvgIpc) is 3.47. The number of carbonyl (C=O) groups is 3. The molecule has 0 N–H and O–H groups in total. The van der Waals surface area contributed by atoms with E-state index in [0.717, 1.165) is 96.3 Å². The Morgan fingerprint density at radius 1 is 0.259 bits per heavy atom. The van der Waals surface area contributed by atoms with E-state index in [1.54, 1.807) is 0 Å². The van der Waals surface area contributed by atoms with Gasteiger partial charge in [0, 0.05) is 19.3 Å². The van der Waals surface area contributed by atoms with E-state index in [4.69, 9.17) is 14.2 Å². The summed E-state index contributed by atoms with van der Waals surface area (Å²) < 4.78 is 16.9. The second-order valence-electron chi connectivity index (χ2n) is 23.8. The highest BCUT2D eigenvalue weighted by Crippen LogP contribution is 2.18. The van der Waals surface area contributed by atoms with Gasteiger partial charge in [-0.25, -0.2) is 0 Å². The largest absolute Gasteiger partial charge is 0.462 e. The van der Waals surface area contributed by atoms with Gasteiger partial charge in [-0.15, -0.1) is 0 Å². The van der Waals surface area contributed by atoms with E-state index >= 15 is 0 Å². The molecule has 0 aromatic heterocycles. The molecule has 6 heteroatoms. The molecule has 1 atom stereocenters. The first kappa shape index (κ1) is 77.9. The van der Waals surface area contributed by atoms with Crippen molar-refractivity contribution in [3.63, 3.8) is 0 Å². The van der Waals surface area contributed by atoms with Crippen molar-refractivity contribution >= 4 is 17.9 Å². The van der Waals surface area contributed by atoms with Crippen LogP contribution in [-0.2, 0) is 28.6 Å². The van der Waals surface area contributed by atoms with Gasteiger partial charge in [-0.05, 0) is 70.6 Å². The summed E-state index contributed by atoms with van der Waals surface area (Å²) in [6.45, 7) is 6.54. The standard InChI is InChI=1S/C75H134O6/c1-4-7-10-13-16-18-20-22-24-26-28-30-32-34-36-37-39-40-42-44-46-48-50-52-54-56-59-62-65-68-74(77)80-71-72(70-79-73(76)67-64-61-58-15-12-9-6-3)81-75(78)69-66-63-60-57-55-53-51-49-47-45-43-41-38-35-33-31-29-27-25-23-21-19-17-14-11-8-5-2/h7,10,16,18,22,24,28,30,34,36,39-40,72H,4-6,8-9,11-15,17,19-21,23,25-27,29,31-33,35,37-38,41-71H2,1-3H3/b10-7-,18-16-,24-22-,30-28-,36-34-,40-39-. The van der Waals surface area contributed by atoms with Gasteiger partial charge in [0.1, 0.15) is 13.2 Å². The lowest BCUT2D eigenvalue weighted by molar-refractivity contribution is -0.167. The number of esters is 3. The Balaban J connectivity index is 4.06. The normalized spacial score (nSPS) is 12.5. The fraction of sp³-hybridized carbons (Fsp3) is 0.800. The second-order valence-corrected chi connectivity index (χ2v) is 23.8. The Hall–Kier alpha value is -3.15. The molecule has 0 aliphatic carbocycles. The molecule has 0 heterocycles. The maximum atomic E-state index is 12.9. The molecule has 0 rings (SSSR count). The molecule has 81 heavy (non-hydrogen) atoms. The molecule has 0 aliphatic heterocycles. The van der Waals surface area contributed by atoms with Crippen LogP contribution in [0, 0.1) is 0 Å². The van der Waals surface area contributed by atoms with Gasteiger partial charge in [0.25, 0.3) is 0 Å². The van der Waals surface area contributed by atoms with Gasteiger partial charge >= 0.3 is 17.9 Å². The van der Waals surface area contributed by atoms with Crippen molar-refractivity contribution in [2.45, 2.75) is 374 Å². The molecule has 0 saturated carbocycles. The van der Waals surface area contributed by atoms with Crippen molar-refractivity contribution in [2.75, 3.05) is 13.2 Å². The minimum atomic E-state index is -0.773. The van der Waals surface area contributed by atoms with Crippen LogP contribution in [0.15, 0.2) is 72.9 Å². The molecular formula is C75H134O6. The zero-order chi connectivity index (χ0) is 58.5. The first-order valence-electron chi connectivity index (χ1n) is 35.4.